The van der Waals surface area contributed by atoms with Crippen LogP contribution in [0.2, 0.25) is 0 Å². The maximum atomic E-state index is 12.2. The molecule has 1 amide bonds. The van der Waals surface area contributed by atoms with E-state index in [-0.39, 0.29) is 11.3 Å². The smallest absolute Gasteiger partial charge is 0.233 e. The van der Waals surface area contributed by atoms with Gasteiger partial charge >= 0.3 is 0 Å². The molecule has 0 unspecified atom stereocenters. The van der Waals surface area contributed by atoms with Gasteiger partial charge in [0.1, 0.15) is 0 Å². The van der Waals surface area contributed by atoms with Crippen molar-refractivity contribution in [2.24, 2.45) is 7.05 Å². The van der Waals surface area contributed by atoms with E-state index in [4.69, 9.17) is 0 Å². The highest BCUT2D eigenvalue weighted by Gasteiger charge is 2.20. The van der Waals surface area contributed by atoms with Crippen LogP contribution in [-0.2, 0) is 23.7 Å². The first-order valence-electron chi connectivity index (χ1n) is 6.48. The van der Waals surface area contributed by atoms with Crippen LogP contribution in [0.15, 0.2) is 17.6 Å². The summed E-state index contributed by atoms with van der Waals surface area (Å²) in [6.45, 7) is 6.37. The van der Waals surface area contributed by atoms with E-state index in [1.54, 1.807) is 28.0 Å². The predicted octanol–water partition coefficient (Wildman–Crippen LogP) is 2.38. The molecule has 0 saturated heterocycles. The number of nitrogens with zero attached hydrogens (tertiary/aromatic N) is 4. The molecule has 6 heteroatoms. The minimum Gasteiger partial charge on any atom is -0.298 e. The molecule has 2 aromatic heterocycles. The summed E-state index contributed by atoms with van der Waals surface area (Å²) in [5, 5.41) is 7.24. The fourth-order valence-electron chi connectivity index (χ4n) is 1.72. The quantitative estimate of drug-likeness (QED) is 0.872. The highest BCUT2D eigenvalue weighted by Crippen LogP contribution is 2.25. The van der Waals surface area contributed by atoms with Gasteiger partial charge in [-0.05, 0) is 0 Å². The predicted molar refractivity (Wildman–Crippen MR) is 81.1 cm³/mol. The van der Waals surface area contributed by atoms with Crippen molar-refractivity contribution in [1.29, 1.82) is 0 Å². The Morgan fingerprint density at radius 2 is 2.15 bits per heavy atom. The molecule has 0 fully saturated rings. The van der Waals surface area contributed by atoms with Gasteiger partial charge in [-0.1, -0.05) is 20.8 Å². The minimum atomic E-state index is -0.00513. The number of carbonyl (C=O) groups excluding carboxylic acids is 1. The van der Waals surface area contributed by atoms with Crippen LogP contribution in [0.4, 0.5) is 5.82 Å². The Hall–Kier alpha value is -1.69. The highest BCUT2D eigenvalue weighted by atomic mass is 32.1. The molecule has 0 spiro atoms. The zero-order chi connectivity index (χ0) is 14.9. The lowest BCUT2D eigenvalue weighted by Crippen LogP contribution is -2.28. The molecule has 108 valence electrons. The largest absolute Gasteiger partial charge is 0.298 e. The summed E-state index contributed by atoms with van der Waals surface area (Å²) < 4.78 is 1.68. The Kier molecular flexibility index (Phi) is 3.94. The number of hydrogen-bond acceptors (Lipinski definition) is 4. The first-order valence-corrected chi connectivity index (χ1v) is 7.36. The molecule has 0 saturated carbocycles. The Morgan fingerprint density at radius 1 is 1.45 bits per heavy atom. The van der Waals surface area contributed by atoms with Gasteiger partial charge in [-0.15, -0.1) is 11.3 Å². The van der Waals surface area contributed by atoms with Gasteiger partial charge < -0.3 is 0 Å². The molecule has 0 radical (unpaired) electrons. The Bertz CT molecular complexity index is 609. The van der Waals surface area contributed by atoms with E-state index in [0.717, 1.165) is 10.7 Å². The van der Waals surface area contributed by atoms with Gasteiger partial charge in [0.05, 0.1) is 17.1 Å². The number of carbonyl (C=O) groups is 1. The number of hydrogen-bond donors (Lipinski definition) is 0. The molecule has 0 aliphatic rings. The van der Waals surface area contributed by atoms with Gasteiger partial charge in [0.25, 0.3) is 0 Å². The second kappa shape index (κ2) is 5.36. The summed E-state index contributed by atoms with van der Waals surface area (Å²) in [5.74, 6) is 0.651. The maximum Gasteiger partial charge on any atom is 0.233 e. The van der Waals surface area contributed by atoms with Gasteiger partial charge in [0, 0.05) is 37.2 Å². The van der Waals surface area contributed by atoms with Crippen LogP contribution in [0.25, 0.3) is 0 Å². The van der Waals surface area contributed by atoms with Crippen molar-refractivity contribution < 1.29 is 4.79 Å². The molecule has 2 heterocycles. The van der Waals surface area contributed by atoms with E-state index in [9.17, 15) is 4.79 Å². The third kappa shape index (κ3) is 3.25. The number of aromatic nitrogens is 3. The van der Waals surface area contributed by atoms with Gasteiger partial charge in [-0.3, -0.25) is 14.4 Å². The second-order valence-corrected chi connectivity index (χ2v) is 6.73. The molecule has 0 N–H and O–H groups in total. The van der Waals surface area contributed by atoms with Crippen molar-refractivity contribution in [3.05, 3.63) is 28.3 Å². The molecular weight excluding hydrogens is 272 g/mol. The van der Waals surface area contributed by atoms with E-state index in [2.05, 4.69) is 30.9 Å². The fourth-order valence-corrected chi connectivity index (χ4v) is 2.62. The van der Waals surface area contributed by atoms with E-state index >= 15 is 0 Å². The third-order valence-corrected chi connectivity index (χ3v) is 4.26. The van der Waals surface area contributed by atoms with Crippen LogP contribution in [0, 0.1) is 0 Å². The van der Waals surface area contributed by atoms with E-state index in [0.29, 0.717) is 12.2 Å². The Morgan fingerprint density at radius 3 is 2.65 bits per heavy atom. The lowest BCUT2D eigenvalue weighted by molar-refractivity contribution is -0.117. The normalized spacial score (nSPS) is 11.7. The SMILES string of the molecule is CN(C(=O)Cc1csc(C(C)(C)C)n1)c1ccn(C)n1. The zero-order valence-corrected chi connectivity index (χ0v) is 13.4. The van der Waals surface area contributed by atoms with Gasteiger partial charge in [0.15, 0.2) is 5.82 Å². The topological polar surface area (TPSA) is 51.0 Å². The van der Waals surface area contributed by atoms with Crippen LogP contribution >= 0.6 is 11.3 Å². The van der Waals surface area contributed by atoms with Crippen molar-refractivity contribution in [2.45, 2.75) is 32.6 Å². The molecule has 20 heavy (non-hydrogen) atoms. The number of thiazole rings is 1. The molecular formula is C14H20N4OS. The van der Waals surface area contributed by atoms with Crippen molar-refractivity contribution in [3.63, 3.8) is 0 Å². The fraction of sp³-hybridized carbons (Fsp3) is 0.500. The number of amides is 1. The van der Waals surface area contributed by atoms with Crippen LogP contribution in [0.3, 0.4) is 0 Å². The summed E-state index contributed by atoms with van der Waals surface area (Å²) in [6.07, 6.45) is 2.12. The summed E-state index contributed by atoms with van der Waals surface area (Å²) in [7, 11) is 3.57. The third-order valence-electron chi connectivity index (χ3n) is 2.94. The van der Waals surface area contributed by atoms with E-state index < -0.39 is 0 Å². The van der Waals surface area contributed by atoms with Gasteiger partial charge in [-0.25, -0.2) is 4.98 Å². The summed E-state index contributed by atoms with van der Waals surface area (Å²) in [5.41, 5.74) is 0.853. The van der Waals surface area contributed by atoms with Crippen LogP contribution < -0.4 is 4.90 Å². The molecule has 0 aliphatic carbocycles. The van der Waals surface area contributed by atoms with Crippen LogP contribution in [-0.4, -0.2) is 27.7 Å². The van der Waals surface area contributed by atoms with Crippen molar-refractivity contribution in [3.8, 4) is 0 Å². The van der Waals surface area contributed by atoms with Crippen molar-refractivity contribution >= 4 is 23.1 Å². The minimum absolute atomic E-state index is 0.00513. The second-order valence-electron chi connectivity index (χ2n) is 5.87. The molecule has 0 atom stereocenters. The molecule has 0 aromatic carbocycles. The van der Waals surface area contributed by atoms with Crippen LogP contribution in [0.1, 0.15) is 31.5 Å². The molecule has 5 nitrogen and oxygen atoms in total. The number of anilines is 1. The molecule has 2 rings (SSSR count). The first kappa shape index (κ1) is 14.7. The average Bonchev–Trinajstić information content (AvgIpc) is 2.96. The summed E-state index contributed by atoms with van der Waals surface area (Å²) >= 11 is 1.61. The lowest BCUT2D eigenvalue weighted by atomic mass is 9.98. The van der Waals surface area contributed by atoms with Crippen LogP contribution in [0.5, 0.6) is 0 Å². The van der Waals surface area contributed by atoms with E-state index in [1.165, 1.54) is 0 Å². The Labute approximate surface area is 123 Å². The standard InChI is InChI=1S/C14H20N4OS/c1-14(2,3)13-15-10(9-20-13)8-12(19)18(5)11-6-7-17(4)16-11/h6-7,9H,8H2,1-5H3. The van der Waals surface area contributed by atoms with Crippen molar-refractivity contribution in [2.75, 3.05) is 11.9 Å². The molecule has 2 aromatic rings. The highest BCUT2D eigenvalue weighted by molar-refractivity contribution is 7.09. The summed E-state index contributed by atoms with van der Waals surface area (Å²) in [4.78, 5) is 18.3. The molecule has 0 bridgehead atoms. The Balaban J connectivity index is 2.06. The van der Waals surface area contributed by atoms with Gasteiger partial charge in [0.2, 0.25) is 5.91 Å². The van der Waals surface area contributed by atoms with Crippen molar-refractivity contribution in [1.82, 2.24) is 14.8 Å². The number of likely N-dealkylation sites (N-methyl/N-ethyl adjacent to an activating group) is 1. The first-order chi connectivity index (χ1) is 9.27. The summed E-state index contributed by atoms with van der Waals surface area (Å²) in [6, 6.07) is 1.82. The maximum absolute atomic E-state index is 12.2. The van der Waals surface area contributed by atoms with E-state index in [1.807, 2.05) is 24.7 Å². The molecule has 0 aliphatic heterocycles. The number of aryl methyl sites for hydroxylation is 1. The zero-order valence-electron chi connectivity index (χ0n) is 12.5. The monoisotopic (exact) mass is 292 g/mol. The average molecular weight is 292 g/mol. The number of rotatable bonds is 3. The van der Waals surface area contributed by atoms with Gasteiger partial charge in [-0.2, -0.15) is 5.10 Å². The lowest BCUT2D eigenvalue weighted by Gasteiger charge is -2.14.